The Morgan fingerprint density at radius 2 is 1.75 bits per heavy atom. The van der Waals surface area contributed by atoms with Gasteiger partial charge in [-0.25, -0.2) is 0 Å². The van der Waals surface area contributed by atoms with Crippen LogP contribution in [0.3, 0.4) is 0 Å². The number of nitrogens with one attached hydrogen (secondary N) is 1. The van der Waals surface area contributed by atoms with E-state index in [1.54, 1.807) is 29.2 Å². The number of hydrogen-bond donors (Lipinski definition) is 2. The Balaban J connectivity index is 2.27. The van der Waals surface area contributed by atoms with E-state index in [1.165, 1.54) is 0 Å². The molecule has 2 amide bonds. The molecule has 0 spiro atoms. The second kappa shape index (κ2) is 6.25. The average Bonchev–Trinajstić information content (AvgIpc) is 2.44. The van der Waals surface area contributed by atoms with Crippen LogP contribution in [0.25, 0.3) is 0 Å². The minimum absolute atomic E-state index is 0.0126. The number of piperidine rings is 1. The molecule has 24 heavy (non-hydrogen) atoms. The van der Waals surface area contributed by atoms with E-state index in [0.29, 0.717) is 24.1 Å². The summed E-state index contributed by atoms with van der Waals surface area (Å²) in [5.74, 6) is -1.35. The van der Waals surface area contributed by atoms with E-state index in [9.17, 15) is 9.59 Å². The summed E-state index contributed by atoms with van der Waals surface area (Å²) in [6, 6.07) is 8.59. The fraction of sp³-hybridized carbons (Fsp3) is 0.500. The number of carbonyl (C=O) groups is 2. The molecule has 0 aliphatic carbocycles. The summed E-state index contributed by atoms with van der Waals surface area (Å²) in [5, 5.41) is 11.7. The molecule has 1 aromatic rings. The van der Waals surface area contributed by atoms with Crippen molar-refractivity contribution in [3.05, 3.63) is 29.8 Å². The Labute approximate surface area is 142 Å². The molecule has 1 heterocycles. The van der Waals surface area contributed by atoms with Gasteiger partial charge < -0.3 is 16.0 Å². The van der Waals surface area contributed by atoms with Crippen LogP contribution in [0.5, 0.6) is 0 Å². The third-order valence-corrected chi connectivity index (χ3v) is 4.43. The predicted molar refractivity (Wildman–Crippen MR) is 92.0 cm³/mol. The zero-order valence-corrected chi connectivity index (χ0v) is 14.6. The van der Waals surface area contributed by atoms with Gasteiger partial charge in [-0.1, -0.05) is 12.1 Å². The monoisotopic (exact) mass is 328 g/mol. The lowest BCUT2D eigenvalue weighted by atomic mass is 9.77. The smallest absolute Gasteiger partial charge is 0.313 e. The first-order valence-electron chi connectivity index (χ1n) is 7.99. The number of para-hydroxylation sites is 1. The highest BCUT2D eigenvalue weighted by molar-refractivity contribution is 6.40. The molecule has 0 unspecified atom stereocenters. The lowest BCUT2D eigenvalue weighted by Crippen LogP contribution is -2.66. The fourth-order valence-corrected chi connectivity index (χ4v) is 3.87. The number of nitriles is 1. The van der Waals surface area contributed by atoms with Crippen molar-refractivity contribution >= 4 is 17.5 Å². The summed E-state index contributed by atoms with van der Waals surface area (Å²) in [7, 11) is 0. The van der Waals surface area contributed by atoms with Gasteiger partial charge >= 0.3 is 11.8 Å². The van der Waals surface area contributed by atoms with Gasteiger partial charge in [0, 0.05) is 17.1 Å². The van der Waals surface area contributed by atoms with Gasteiger partial charge in [0.05, 0.1) is 11.3 Å². The minimum atomic E-state index is -0.741. The molecule has 6 heteroatoms. The van der Waals surface area contributed by atoms with E-state index in [-0.39, 0.29) is 6.04 Å². The van der Waals surface area contributed by atoms with Gasteiger partial charge in [-0.15, -0.1) is 0 Å². The van der Waals surface area contributed by atoms with Gasteiger partial charge in [0.2, 0.25) is 0 Å². The summed E-state index contributed by atoms with van der Waals surface area (Å²) < 4.78 is 0. The van der Waals surface area contributed by atoms with Crippen LogP contribution in [0, 0.1) is 11.3 Å². The molecule has 0 atom stereocenters. The van der Waals surface area contributed by atoms with Crippen LogP contribution < -0.4 is 11.1 Å². The zero-order chi connectivity index (χ0) is 18.1. The van der Waals surface area contributed by atoms with Crippen molar-refractivity contribution in [3.63, 3.8) is 0 Å². The van der Waals surface area contributed by atoms with Crippen molar-refractivity contribution in [2.45, 2.75) is 57.7 Å². The molecule has 128 valence electrons. The first-order chi connectivity index (χ1) is 11.1. The number of hydrogen-bond acceptors (Lipinski definition) is 4. The normalized spacial score (nSPS) is 19.4. The third kappa shape index (κ3) is 3.41. The van der Waals surface area contributed by atoms with Crippen LogP contribution in [0.2, 0.25) is 0 Å². The maximum atomic E-state index is 12.8. The van der Waals surface area contributed by atoms with E-state index in [2.05, 4.69) is 5.32 Å². The lowest BCUT2D eigenvalue weighted by molar-refractivity contribution is -0.156. The van der Waals surface area contributed by atoms with E-state index < -0.39 is 22.9 Å². The van der Waals surface area contributed by atoms with Gasteiger partial charge in [-0.3, -0.25) is 9.59 Å². The first kappa shape index (κ1) is 18.0. The Hall–Kier alpha value is -2.39. The Kier molecular flexibility index (Phi) is 4.68. The summed E-state index contributed by atoms with van der Waals surface area (Å²) in [6.45, 7) is 7.68. The second-order valence-electron chi connectivity index (χ2n) is 7.55. The van der Waals surface area contributed by atoms with Crippen molar-refractivity contribution in [1.29, 1.82) is 5.26 Å². The Bertz CT molecular complexity index is 685. The van der Waals surface area contributed by atoms with Gasteiger partial charge in [-0.2, -0.15) is 5.26 Å². The number of amides is 2. The number of likely N-dealkylation sites (tertiary alicyclic amines) is 1. The summed E-state index contributed by atoms with van der Waals surface area (Å²) in [5.41, 5.74) is 5.72. The topological polar surface area (TPSA) is 99.2 Å². The van der Waals surface area contributed by atoms with E-state index >= 15 is 0 Å². The quantitative estimate of drug-likeness (QED) is 0.770. The number of benzene rings is 1. The van der Waals surface area contributed by atoms with Crippen molar-refractivity contribution in [3.8, 4) is 6.07 Å². The van der Waals surface area contributed by atoms with Crippen molar-refractivity contribution in [2.75, 3.05) is 5.32 Å². The van der Waals surface area contributed by atoms with Crippen LogP contribution in [-0.4, -0.2) is 33.8 Å². The largest absolute Gasteiger partial charge is 0.328 e. The molecule has 0 aromatic heterocycles. The number of nitrogens with two attached hydrogens (primary N) is 1. The minimum Gasteiger partial charge on any atom is -0.328 e. The van der Waals surface area contributed by atoms with Gasteiger partial charge in [0.1, 0.15) is 6.07 Å². The molecule has 6 nitrogen and oxygen atoms in total. The summed E-state index contributed by atoms with van der Waals surface area (Å²) in [4.78, 5) is 26.9. The molecular formula is C18H24N4O2. The number of rotatable bonds is 1. The molecule has 1 aliphatic heterocycles. The zero-order valence-electron chi connectivity index (χ0n) is 14.6. The molecule has 0 bridgehead atoms. The maximum absolute atomic E-state index is 12.8. The first-order valence-corrected chi connectivity index (χ1v) is 7.99. The molecular weight excluding hydrogens is 304 g/mol. The molecule has 1 saturated heterocycles. The number of nitrogens with zero attached hydrogens (tertiary/aromatic N) is 2. The van der Waals surface area contributed by atoms with Crippen LogP contribution >= 0.6 is 0 Å². The molecule has 1 aromatic carbocycles. The predicted octanol–water partition coefficient (Wildman–Crippen LogP) is 2.00. The Morgan fingerprint density at radius 3 is 2.29 bits per heavy atom. The fourth-order valence-electron chi connectivity index (χ4n) is 3.87. The highest BCUT2D eigenvalue weighted by atomic mass is 16.2. The van der Waals surface area contributed by atoms with Gasteiger partial charge in [-0.05, 0) is 52.7 Å². The molecule has 2 rings (SSSR count). The van der Waals surface area contributed by atoms with E-state index in [4.69, 9.17) is 11.0 Å². The van der Waals surface area contributed by atoms with Crippen LogP contribution in [0.15, 0.2) is 24.3 Å². The van der Waals surface area contributed by atoms with Gasteiger partial charge in [0.15, 0.2) is 0 Å². The molecule has 0 radical (unpaired) electrons. The van der Waals surface area contributed by atoms with Gasteiger partial charge in [0.25, 0.3) is 0 Å². The van der Waals surface area contributed by atoms with Crippen LogP contribution in [0.1, 0.15) is 46.1 Å². The van der Waals surface area contributed by atoms with Crippen molar-refractivity contribution in [1.82, 2.24) is 4.90 Å². The molecule has 1 aliphatic rings. The van der Waals surface area contributed by atoms with E-state index in [0.717, 1.165) is 0 Å². The van der Waals surface area contributed by atoms with E-state index in [1.807, 2.05) is 33.8 Å². The summed E-state index contributed by atoms with van der Waals surface area (Å²) in [6.07, 6.45) is 1.26. The van der Waals surface area contributed by atoms with Crippen LogP contribution in [0.4, 0.5) is 5.69 Å². The molecule has 3 N–H and O–H groups in total. The summed E-state index contributed by atoms with van der Waals surface area (Å²) >= 11 is 0. The SMILES string of the molecule is CC1(C)CC(N)CC(C)(C)N1C(=O)C(=O)Nc1ccccc1C#N. The van der Waals surface area contributed by atoms with Crippen LogP contribution in [-0.2, 0) is 9.59 Å². The highest BCUT2D eigenvalue weighted by Crippen LogP contribution is 2.37. The molecule has 0 saturated carbocycles. The van der Waals surface area contributed by atoms with Crippen molar-refractivity contribution < 1.29 is 9.59 Å². The maximum Gasteiger partial charge on any atom is 0.313 e. The Morgan fingerprint density at radius 1 is 1.21 bits per heavy atom. The van der Waals surface area contributed by atoms with Crippen molar-refractivity contribution in [2.24, 2.45) is 5.73 Å². The second-order valence-corrected chi connectivity index (χ2v) is 7.55. The third-order valence-electron chi connectivity index (χ3n) is 4.43. The number of anilines is 1. The average molecular weight is 328 g/mol. The lowest BCUT2D eigenvalue weighted by Gasteiger charge is -2.54. The molecule has 1 fully saturated rings. The standard InChI is InChI=1S/C18H24N4O2/c1-17(2)9-13(20)10-18(3,4)22(17)16(24)15(23)21-14-8-6-5-7-12(14)11-19/h5-8,13H,9-10,20H2,1-4H3,(H,21,23). The number of carbonyl (C=O) groups excluding carboxylic acids is 2. The highest BCUT2D eigenvalue weighted by Gasteiger charge is 2.48.